The van der Waals surface area contributed by atoms with Gasteiger partial charge in [-0.05, 0) is 31.5 Å². The van der Waals surface area contributed by atoms with Crippen LogP contribution in [0.3, 0.4) is 0 Å². The molecule has 1 fully saturated rings. The first-order valence-corrected chi connectivity index (χ1v) is 6.94. The molecule has 1 atom stereocenters. The Hall–Kier alpha value is -1.65. The number of nitrogens with zero attached hydrogens (tertiary/aromatic N) is 2. The average Bonchev–Trinajstić information content (AvgIpc) is 2.88. The number of carbonyl (C=O) groups is 1. The summed E-state index contributed by atoms with van der Waals surface area (Å²) in [6.07, 6.45) is 2.82. The molecule has 103 valence electrons. The standard InChI is InChI=1S/C15H15ClN3O/c16-14-11(8-10-4-1-2-5-12(10)18-14)9-19-7-3-6-13(19)15(17)20/h1-2,4-6,8,13H,3,7,9H2,(H2,17,20). The monoisotopic (exact) mass is 288 g/mol. The largest absolute Gasteiger partial charge is 0.368 e. The predicted molar refractivity (Wildman–Crippen MR) is 79.1 cm³/mol. The first kappa shape index (κ1) is 13.3. The number of nitrogens with two attached hydrogens (primary N) is 1. The second-order valence-corrected chi connectivity index (χ2v) is 5.33. The van der Waals surface area contributed by atoms with Crippen molar-refractivity contribution in [1.82, 2.24) is 9.88 Å². The minimum Gasteiger partial charge on any atom is -0.368 e. The van der Waals surface area contributed by atoms with E-state index >= 15 is 0 Å². The third-order valence-electron chi connectivity index (χ3n) is 3.61. The van der Waals surface area contributed by atoms with Gasteiger partial charge in [-0.1, -0.05) is 29.8 Å². The van der Waals surface area contributed by atoms with Crippen LogP contribution in [-0.2, 0) is 11.3 Å². The summed E-state index contributed by atoms with van der Waals surface area (Å²) in [4.78, 5) is 17.8. The average molecular weight is 289 g/mol. The van der Waals surface area contributed by atoms with Crippen molar-refractivity contribution in [2.45, 2.75) is 19.0 Å². The Labute approximate surface area is 122 Å². The van der Waals surface area contributed by atoms with Gasteiger partial charge in [-0.15, -0.1) is 0 Å². The van der Waals surface area contributed by atoms with E-state index in [-0.39, 0.29) is 11.9 Å². The van der Waals surface area contributed by atoms with Gasteiger partial charge < -0.3 is 5.73 Å². The number of amides is 1. The van der Waals surface area contributed by atoms with E-state index in [1.807, 2.05) is 41.7 Å². The molecule has 1 aliphatic rings. The van der Waals surface area contributed by atoms with E-state index in [0.29, 0.717) is 11.7 Å². The lowest BCUT2D eigenvalue weighted by Crippen LogP contribution is -2.40. The lowest BCUT2D eigenvalue weighted by molar-refractivity contribution is -0.121. The zero-order valence-electron chi connectivity index (χ0n) is 10.9. The third kappa shape index (κ3) is 2.49. The van der Waals surface area contributed by atoms with Gasteiger partial charge in [0, 0.05) is 17.5 Å². The molecule has 2 heterocycles. The Balaban J connectivity index is 1.90. The van der Waals surface area contributed by atoms with E-state index < -0.39 is 0 Å². The molecule has 2 aromatic rings. The zero-order chi connectivity index (χ0) is 14.1. The van der Waals surface area contributed by atoms with Crippen LogP contribution in [0.15, 0.2) is 30.3 Å². The normalized spacial score (nSPS) is 19.6. The van der Waals surface area contributed by atoms with Crippen molar-refractivity contribution in [3.63, 3.8) is 0 Å². The molecule has 0 saturated carbocycles. The topological polar surface area (TPSA) is 59.2 Å². The first-order chi connectivity index (χ1) is 9.65. The molecule has 1 unspecified atom stereocenters. The van der Waals surface area contributed by atoms with Gasteiger partial charge in [0.2, 0.25) is 5.91 Å². The Bertz CT molecular complexity index is 659. The molecule has 5 heteroatoms. The van der Waals surface area contributed by atoms with E-state index in [1.54, 1.807) is 0 Å². The van der Waals surface area contributed by atoms with Gasteiger partial charge in [-0.25, -0.2) is 4.98 Å². The number of fused-ring (bicyclic) bond motifs is 1. The number of carbonyl (C=O) groups excluding carboxylic acids is 1. The van der Waals surface area contributed by atoms with Crippen molar-refractivity contribution >= 4 is 28.4 Å². The van der Waals surface area contributed by atoms with E-state index in [9.17, 15) is 4.79 Å². The van der Waals surface area contributed by atoms with Crippen LogP contribution >= 0.6 is 11.6 Å². The van der Waals surface area contributed by atoms with Crippen LogP contribution in [0.1, 0.15) is 12.0 Å². The van der Waals surface area contributed by atoms with Crippen LogP contribution in [-0.4, -0.2) is 28.4 Å². The minimum atomic E-state index is -0.313. The van der Waals surface area contributed by atoms with Gasteiger partial charge >= 0.3 is 0 Å². The Morgan fingerprint density at radius 1 is 1.45 bits per heavy atom. The van der Waals surface area contributed by atoms with Gasteiger partial charge in [0.25, 0.3) is 0 Å². The minimum absolute atomic E-state index is 0.308. The highest BCUT2D eigenvalue weighted by molar-refractivity contribution is 6.30. The number of hydrogen-bond donors (Lipinski definition) is 1. The number of primary amides is 1. The second-order valence-electron chi connectivity index (χ2n) is 4.97. The molecule has 0 spiro atoms. The molecule has 2 N–H and O–H groups in total. The van der Waals surface area contributed by atoms with E-state index in [2.05, 4.69) is 4.98 Å². The van der Waals surface area contributed by atoms with Crippen LogP contribution in [0, 0.1) is 6.42 Å². The van der Waals surface area contributed by atoms with Gasteiger partial charge in [-0.3, -0.25) is 9.69 Å². The number of pyridine rings is 1. The molecule has 1 radical (unpaired) electrons. The lowest BCUT2D eigenvalue weighted by atomic mass is 10.1. The van der Waals surface area contributed by atoms with E-state index in [1.165, 1.54) is 0 Å². The smallest absolute Gasteiger partial charge is 0.235 e. The fourth-order valence-electron chi connectivity index (χ4n) is 2.63. The zero-order valence-corrected chi connectivity index (χ0v) is 11.7. The molecule has 1 saturated heterocycles. The molecule has 1 aromatic carbocycles. The predicted octanol–water partition coefficient (Wildman–Crippen LogP) is 2.15. The summed E-state index contributed by atoms with van der Waals surface area (Å²) in [5, 5.41) is 1.53. The number of halogens is 1. The highest BCUT2D eigenvalue weighted by Gasteiger charge is 2.29. The summed E-state index contributed by atoms with van der Waals surface area (Å²) >= 11 is 6.24. The van der Waals surface area contributed by atoms with Crippen molar-refractivity contribution in [3.05, 3.63) is 47.5 Å². The molecule has 1 amide bonds. The van der Waals surface area contributed by atoms with E-state index in [4.69, 9.17) is 17.3 Å². The third-order valence-corrected chi connectivity index (χ3v) is 3.94. The maximum absolute atomic E-state index is 11.4. The summed E-state index contributed by atoms with van der Waals surface area (Å²) in [7, 11) is 0. The quantitative estimate of drug-likeness (QED) is 0.881. The number of rotatable bonds is 3. The summed E-state index contributed by atoms with van der Waals surface area (Å²) in [5.74, 6) is -0.313. The summed E-state index contributed by atoms with van der Waals surface area (Å²) < 4.78 is 0. The van der Waals surface area contributed by atoms with Gasteiger partial charge in [0.15, 0.2) is 0 Å². The van der Waals surface area contributed by atoms with Crippen LogP contribution in [0.5, 0.6) is 0 Å². The number of hydrogen-bond acceptors (Lipinski definition) is 3. The van der Waals surface area contributed by atoms with Crippen molar-refractivity contribution in [2.24, 2.45) is 5.73 Å². The van der Waals surface area contributed by atoms with Crippen molar-refractivity contribution in [2.75, 3.05) is 6.54 Å². The van der Waals surface area contributed by atoms with Gasteiger partial charge in [0.05, 0.1) is 11.6 Å². The molecular weight excluding hydrogens is 274 g/mol. The highest BCUT2D eigenvalue weighted by Crippen LogP contribution is 2.25. The molecule has 4 nitrogen and oxygen atoms in total. The highest BCUT2D eigenvalue weighted by atomic mass is 35.5. The first-order valence-electron chi connectivity index (χ1n) is 6.56. The van der Waals surface area contributed by atoms with Crippen LogP contribution < -0.4 is 5.73 Å². The Morgan fingerprint density at radius 3 is 3.05 bits per heavy atom. The summed E-state index contributed by atoms with van der Waals surface area (Å²) in [6, 6.07) is 9.56. The Morgan fingerprint density at radius 2 is 2.25 bits per heavy atom. The fraction of sp³-hybridized carbons (Fsp3) is 0.267. The molecule has 3 rings (SSSR count). The molecule has 0 bridgehead atoms. The lowest BCUT2D eigenvalue weighted by Gasteiger charge is -2.22. The fourth-order valence-corrected chi connectivity index (χ4v) is 2.83. The van der Waals surface area contributed by atoms with Gasteiger partial charge in [0.1, 0.15) is 5.15 Å². The molecule has 1 aromatic heterocycles. The number of para-hydroxylation sites is 1. The molecule has 1 aliphatic heterocycles. The van der Waals surface area contributed by atoms with Crippen molar-refractivity contribution in [1.29, 1.82) is 0 Å². The number of aromatic nitrogens is 1. The second kappa shape index (κ2) is 5.38. The van der Waals surface area contributed by atoms with Crippen LogP contribution in [0.4, 0.5) is 0 Å². The van der Waals surface area contributed by atoms with Crippen molar-refractivity contribution in [3.8, 4) is 0 Å². The summed E-state index contributed by atoms with van der Waals surface area (Å²) in [5.41, 5.74) is 7.21. The maximum Gasteiger partial charge on any atom is 0.235 e. The van der Waals surface area contributed by atoms with Crippen LogP contribution in [0.2, 0.25) is 5.15 Å². The maximum atomic E-state index is 11.4. The summed E-state index contributed by atoms with van der Waals surface area (Å²) in [6.45, 7) is 1.40. The Kier molecular flexibility index (Phi) is 3.59. The molecule has 0 aliphatic carbocycles. The molecular formula is C15H15ClN3O. The van der Waals surface area contributed by atoms with Gasteiger partial charge in [-0.2, -0.15) is 0 Å². The SMILES string of the molecule is NC(=O)C1[CH]CCN1Cc1cc2ccccc2nc1Cl. The number of benzene rings is 1. The van der Waals surface area contributed by atoms with Crippen LogP contribution in [0.25, 0.3) is 10.9 Å². The van der Waals surface area contributed by atoms with E-state index in [0.717, 1.165) is 29.4 Å². The number of likely N-dealkylation sites (tertiary alicyclic amines) is 1. The van der Waals surface area contributed by atoms with Crippen molar-refractivity contribution < 1.29 is 4.79 Å². The molecule has 20 heavy (non-hydrogen) atoms.